The van der Waals surface area contributed by atoms with Gasteiger partial charge < -0.3 is 4.18 Å². The zero-order valence-corrected chi connectivity index (χ0v) is 7.15. The van der Waals surface area contributed by atoms with Crippen molar-refractivity contribution in [3.8, 4) is 11.8 Å². The summed E-state index contributed by atoms with van der Waals surface area (Å²) in [6, 6.07) is 4.38. The quantitative estimate of drug-likeness (QED) is 0.693. The summed E-state index contributed by atoms with van der Waals surface area (Å²) in [5.41, 5.74) is -0.128. The van der Waals surface area contributed by atoms with Gasteiger partial charge in [-0.25, -0.2) is 4.98 Å². The molecule has 2 N–H and O–H groups in total. The van der Waals surface area contributed by atoms with Crippen LogP contribution in [0.5, 0.6) is 5.75 Å². The van der Waals surface area contributed by atoms with E-state index in [1.807, 2.05) is 0 Å². The number of nitrogens with two attached hydrogens (primary N) is 1. The zero-order chi connectivity index (χ0) is 9.90. The first-order valence-electron chi connectivity index (χ1n) is 3.10. The van der Waals surface area contributed by atoms with Gasteiger partial charge in [-0.3, -0.25) is 0 Å². The molecule has 0 fully saturated rings. The van der Waals surface area contributed by atoms with Crippen LogP contribution < -0.4 is 9.32 Å². The van der Waals surface area contributed by atoms with Crippen LogP contribution in [0.1, 0.15) is 5.69 Å². The molecule has 7 heteroatoms. The molecule has 1 rings (SSSR count). The number of hydrogen-bond donors (Lipinski definition) is 1. The standard InChI is InChI=1S/C6H5N3O3S/c7-4-5-6(2-1-3-9-5)12-13(8,10)11/h1-3H,(H2,8,10,11). The highest BCUT2D eigenvalue weighted by Gasteiger charge is 2.09. The minimum absolute atomic E-state index is 0.128. The zero-order valence-electron chi connectivity index (χ0n) is 6.34. The number of hydrogen-bond acceptors (Lipinski definition) is 5. The summed E-state index contributed by atoms with van der Waals surface area (Å²) < 4.78 is 25.3. The van der Waals surface area contributed by atoms with Crippen LogP contribution in [0.3, 0.4) is 0 Å². The number of pyridine rings is 1. The van der Waals surface area contributed by atoms with E-state index in [2.05, 4.69) is 14.3 Å². The van der Waals surface area contributed by atoms with Gasteiger partial charge in [0.1, 0.15) is 6.07 Å². The van der Waals surface area contributed by atoms with Crippen LogP contribution in [0, 0.1) is 11.3 Å². The van der Waals surface area contributed by atoms with E-state index < -0.39 is 10.3 Å². The molecule has 0 aliphatic carbocycles. The van der Waals surface area contributed by atoms with Crippen molar-refractivity contribution < 1.29 is 12.6 Å². The second-order valence-electron chi connectivity index (χ2n) is 2.04. The fourth-order valence-corrected chi connectivity index (χ4v) is 1.05. The van der Waals surface area contributed by atoms with Crippen LogP contribution >= 0.6 is 0 Å². The molecule has 0 saturated heterocycles. The Hall–Kier alpha value is -1.65. The van der Waals surface area contributed by atoms with Crippen molar-refractivity contribution in [1.82, 2.24) is 4.98 Å². The maximum Gasteiger partial charge on any atom is 0.380 e. The third kappa shape index (κ3) is 2.70. The van der Waals surface area contributed by atoms with E-state index in [0.29, 0.717) is 0 Å². The van der Waals surface area contributed by atoms with Gasteiger partial charge in [0.15, 0.2) is 11.4 Å². The maximum absolute atomic E-state index is 10.5. The van der Waals surface area contributed by atoms with Crippen LogP contribution in [0.15, 0.2) is 18.3 Å². The topological polar surface area (TPSA) is 106 Å². The Kier molecular flexibility index (Phi) is 2.46. The Balaban J connectivity index is 3.10. The van der Waals surface area contributed by atoms with E-state index in [-0.39, 0.29) is 11.4 Å². The molecule has 0 radical (unpaired) electrons. The molecule has 0 atom stereocenters. The highest BCUT2D eigenvalue weighted by atomic mass is 32.2. The highest BCUT2D eigenvalue weighted by Crippen LogP contribution is 2.14. The van der Waals surface area contributed by atoms with Crippen LogP contribution in [0.25, 0.3) is 0 Å². The van der Waals surface area contributed by atoms with E-state index in [1.165, 1.54) is 18.3 Å². The van der Waals surface area contributed by atoms with E-state index in [1.54, 1.807) is 6.07 Å². The van der Waals surface area contributed by atoms with Crippen LogP contribution in [-0.2, 0) is 10.3 Å². The van der Waals surface area contributed by atoms with Gasteiger partial charge in [-0.1, -0.05) is 0 Å². The number of rotatable bonds is 2. The molecule has 0 aliphatic rings. The van der Waals surface area contributed by atoms with Gasteiger partial charge in [0.25, 0.3) is 0 Å². The molecule has 0 amide bonds. The lowest BCUT2D eigenvalue weighted by Gasteiger charge is -2.01. The molecule has 0 aliphatic heterocycles. The minimum atomic E-state index is -4.10. The van der Waals surface area contributed by atoms with Gasteiger partial charge in [-0.05, 0) is 12.1 Å². The summed E-state index contributed by atoms with van der Waals surface area (Å²) in [6.07, 6.45) is 1.34. The predicted molar refractivity (Wildman–Crippen MR) is 42.7 cm³/mol. The van der Waals surface area contributed by atoms with Gasteiger partial charge >= 0.3 is 10.3 Å². The molecule has 0 saturated carbocycles. The number of nitrogens with zero attached hydrogens (tertiary/aromatic N) is 2. The maximum atomic E-state index is 10.5. The molecular formula is C6H5N3O3S. The second kappa shape index (κ2) is 3.38. The summed E-state index contributed by atoms with van der Waals surface area (Å²) in [6.45, 7) is 0. The van der Waals surface area contributed by atoms with Gasteiger partial charge in [0, 0.05) is 6.20 Å². The largest absolute Gasteiger partial charge is 0.380 e. The average Bonchev–Trinajstić information content (AvgIpc) is 2.02. The molecule has 0 unspecified atom stereocenters. The van der Waals surface area contributed by atoms with Gasteiger partial charge in [-0.15, -0.1) is 0 Å². The molecule has 0 spiro atoms. The van der Waals surface area contributed by atoms with Crippen molar-refractivity contribution in [2.45, 2.75) is 0 Å². The van der Waals surface area contributed by atoms with Crippen molar-refractivity contribution in [3.63, 3.8) is 0 Å². The van der Waals surface area contributed by atoms with Crippen molar-refractivity contribution in [2.24, 2.45) is 5.14 Å². The lowest BCUT2D eigenvalue weighted by Crippen LogP contribution is -2.19. The second-order valence-corrected chi connectivity index (χ2v) is 3.19. The molecule has 1 aromatic heterocycles. The number of aromatic nitrogens is 1. The molecule has 68 valence electrons. The van der Waals surface area contributed by atoms with E-state index in [0.717, 1.165) is 0 Å². The Bertz CT molecular complexity index is 448. The van der Waals surface area contributed by atoms with Crippen LogP contribution in [0.2, 0.25) is 0 Å². The monoisotopic (exact) mass is 199 g/mol. The Morgan fingerprint density at radius 2 is 2.31 bits per heavy atom. The molecule has 0 aromatic carbocycles. The van der Waals surface area contributed by atoms with Crippen LogP contribution in [0.4, 0.5) is 0 Å². The summed E-state index contributed by atoms with van der Waals surface area (Å²) in [4.78, 5) is 3.58. The smallest absolute Gasteiger partial charge is 0.368 e. The van der Waals surface area contributed by atoms with E-state index >= 15 is 0 Å². The summed E-state index contributed by atoms with van der Waals surface area (Å²) >= 11 is 0. The molecule has 1 aromatic rings. The fourth-order valence-electron chi connectivity index (χ4n) is 0.667. The third-order valence-corrected chi connectivity index (χ3v) is 1.49. The van der Waals surface area contributed by atoms with Gasteiger partial charge in [-0.2, -0.15) is 18.8 Å². The molecule has 1 heterocycles. The average molecular weight is 199 g/mol. The third-order valence-electron chi connectivity index (χ3n) is 1.08. The highest BCUT2D eigenvalue weighted by molar-refractivity contribution is 7.84. The number of nitriles is 1. The Morgan fingerprint density at radius 3 is 2.85 bits per heavy atom. The SMILES string of the molecule is N#Cc1ncccc1OS(N)(=O)=O. The molecule has 13 heavy (non-hydrogen) atoms. The first-order chi connectivity index (χ1) is 6.03. The van der Waals surface area contributed by atoms with Crippen molar-refractivity contribution in [2.75, 3.05) is 0 Å². The van der Waals surface area contributed by atoms with Crippen molar-refractivity contribution in [1.29, 1.82) is 5.26 Å². The lowest BCUT2D eigenvalue weighted by molar-refractivity contribution is 0.485. The minimum Gasteiger partial charge on any atom is -0.368 e. The van der Waals surface area contributed by atoms with Crippen LogP contribution in [-0.4, -0.2) is 13.4 Å². The van der Waals surface area contributed by atoms with Gasteiger partial charge in [0.05, 0.1) is 0 Å². The van der Waals surface area contributed by atoms with Gasteiger partial charge in [0.2, 0.25) is 0 Å². The summed E-state index contributed by atoms with van der Waals surface area (Å²) in [7, 11) is -4.10. The van der Waals surface area contributed by atoms with E-state index in [9.17, 15) is 8.42 Å². The molecule has 0 bridgehead atoms. The molecule has 6 nitrogen and oxygen atoms in total. The van der Waals surface area contributed by atoms with E-state index in [4.69, 9.17) is 5.26 Å². The lowest BCUT2D eigenvalue weighted by atomic mass is 10.3. The fraction of sp³-hybridized carbons (Fsp3) is 0. The van der Waals surface area contributed by atoms with Crippen molar-refractivity contribution in [3.05, 3.63) is 24.0 Å². The first kappa shape index (κ1) is 9.44. The predicted octanol–water partition coefficient (Wildman–Crippen LogP) is -0.464. The normalized spacial score (nSPS) is 10.5. The Labute approximate surface area is 74.8 Å². The first-order valence-corrected chi connectivity index (χ1v) is 4.57. The Morgan fingerprint density at radius 1 is 1.62 bits per heavy atom. The summed E-state index contributed by atoms with van der Waals surface area (Å²) in [5.74, 6) is -0.174. The molecular weight excluding hydrogens is 194 g/mol. The van der Waals surface area contributed by atoms with Crippen molar-refractivity contribution >= 4 is 10.3 Å². The summed E-state index contributed by atoms with van der Waals surface area (Å²) in [5, 5.41) is 13.1.